The zero-order chi connectivity index (χ0) is 29.9. The van der Waals surface area contributed by atoms with Gasteiger partial charge < -0.3 is 9.47 Å². The Hall–Kier alpha value is -4.25. The number of esters is 2. The largest absolute Gasteiger partial charge is 0.457 e. The highest BCUT2D eigenvalue weighted by Crippen LogP contribution is 2.46. The molecule has 0 N–H and O–H groups in total. The van der Waals surface area contributed by atoms with E-state index in [4.69, 9.17) is 9.47 Å². The van der Waals surface area contributed by atoms with Crippen molar-refractivity contribution in [2.45, 2.75) is 70.3 Å². The summed E-state index contributed by atoms with van der Waals surface area (Å²) in [6.07, 6.45) is 2.56. The average molecular weight is 565 g/mol. The standard InChI is InChI=1S/C37H37FO4/c1-36(2)20-21-37(3,4)33-23-28(14-19-32(33)36)31(22-25-10-15-29(38)16-11-25)35(40)42-30-17-12-26(13-18-30)24-41-34(39)27-8-6-5-7-9-27/h5-19,23,31H,20-22,24H2,1-4H3. The number of hydrogen-bond acceptors (Lipinski definition) is 4. The highest BCUT2D eigenvalue weighted by Gasteiger charge is 2.38. The molecule has 0 heterocycles. The van der Waals surface area contributed by atoms with Gasteiger partial charge in [-0.3, -0.25) is 4.79 Å². The minimum atomic E-state index is -0.576. The maximum atomic E-state index is 13.7. The molecule has 0 aromatic heterocycles. The van der Waals surface area contributed by atoms with E-state index in [2.05, 4.69) is 39.8 Å². The first-order chi connectivity index (χ1) is 20.0. The van der Waals surface area contributed by atoms with Gasteiger partial charge in [-0.1, -0.05) is 88.4 Å². The smallest absolute Gasteiger partial charge is 0.338 e. The van der Waals surface area contributed by atoms with Crippen molar-refractivity contribution in [3.8, 4) is 5.75 Å². The highest BCUT2D eigenvalue weighted by atomic mass is 19.1. The van der Waals surface area contributed by atoms with E-state index in [0.717, 1.165) is 29.5 Å². The molecule has 5 rings (SSSR count). The van der Waals surface area contributed by atoms with Gasteiger partial charge in [-0.25, -0.2) is 9.18 Å². The van der Waals surface area contributed by atoms with Gasteiger partial charge in [0.2, 0.25) is 0 Å². The normalized spacial score (nSPS) is 15.7. The van der Waals surface area contributed by atoms with Gasteiger partial charge in [-0.15, -0.1) is 0 Å². The molecule has 1 aliphatic rings. The highest BCUT2D eigenvalue weighted by molar-refractivity contribution is 5.89. The predicted molar refractivity (Wildman–Crippen MR) is 162 cm³/mol. The van der Waals surface area contributed by atoms with Crippen molar-refractivity contribution in [1.29, 1.82) is 0 Å². The lowest BCUT2D eigenvalue weighted by molar-refractivity contribution is -0.136. The van der Waals surface area contributed by atoms with E-state index >= 15 is 0 Å². The molecule has 216 valence electrons. The van der Waals surface area contributed by atoms with Crippen molar-refractivity contribution in [3.63, 3.8) is 0 Å². The van der Waals surface area contributed by atoms with Gasteiger partial charge in [0.25, 0.3) is 0 Å². The maximum Gasteiger partial charge on any atom is 0.338 e. The molecule has 1 unspecified atom stereocenters. The molecule has 1 aliphatic carbocycles. The molecule has 0 saturated carbocycles. The lowest BCUT2D eigenvalue weighted by atomic mass is 9.62. The van der Waals surface area contributed by atoms with Gasteiger partial charge in [0.1, 0.15) is 18.2 Å². The minimum Gasteiger partial charge on any atom is -0.457 e. The van der Waals surface area contributed by atoms with Crippen LogP contribution in [0.2, 0.25) is 0 Å². The van der Waals surface area contributed by atoms with Crippen LogP contribution in [0.5, 0.6) is 5.75 Å². The van der Waals surface area contributed by atoms with Crippen LogP contribution in [0.1, 0.15) is 84.6 Å². The summed E-state index contributed by atoms with van der Waals surface area (Å²) in [5.41, 5.74) is 5.65. The van der Waals surface area contributed by atoms with Gasteiger partial charge >= 0.3 is 11.9 Å². The molecule has 1 atom stereocenters. The van der Waals surface area contributed by atoms with E-state index in [1.54, 1.807) is 60.7 Å². The first-order valence-corrected chi connectivity index (χ1v) is 14.4. The van der Waals surface area contributed by atoms with Crippen LogP contribution in [0.3, 0.4) is 0 Å². The van der Waals surface area contributed by atoms with Crippen LogP contribution >= 0.6 is 0 Å². The summed E-state index contributed by atoms with van der Waals surface area (Å²) in [6, 6.07) is 28.4. The zero-order valence-corrected chi connectivity index (χ0v) is 24.7. The van der Waals surface area contributed by atoms with E-state index < -0.39 is 11.9 Å². The molecule has 0 spiro atoms. The number of ether oxygens (including phenoxy) is 2. The number of carbonyl (C=O) groups excluding carboxylic acids is 2. The Morgan fingerprint density at radius 2 is 1.38 bits per heavy atom. The summed E-state index contributed by atoms with van der Waals surface area (Å²) in [5.74, 6) is -1.26. The van der Waals surface area contributed by atoms with Crippen molar-refractivity contribution in [2.75, 3.05) is 0 Å². The van der Waals surface area contributed by atoms with E-state index in [1.165, 1.54) is 23.3 Å². The fourth-order valence-electron chi connectivity index (χ4n) is 5.66. The summed E-state index contributed by atoms with van der Waals surface area (Å²) in [5, 5.41) is 0. The van der Waals surface area contributed by atoms with Crippen molar-refractivity contribution in [2.24, 2.45) is 0 Å². The van der Waals surface area contributed by atoms with Crippen LogP contribution < -0.4 is 4.74 Å². The lowest BCUT2D eigenvalue weighted by Gasteiger charge is -2.42. The van der Waals surface area contributed by atoms with E-state index in [1.807, 2.05) is 12.1 Å². The number of hydrogen-bond donors (Lipinski definition) is 0. The second kappa shape index (κ2) is 11.9. The molecule has 4 nitrogen and oxygen atoms in total. The lowest BCUT2D eigenvalue weighted by Crippen LogP contribution is -2.34. The summed E-state index contributed by atoms with van der Waals surface area (Å²) in [4.78, 5) is 26.0. The zero-order valence-electron chi connectivity index (χ0n) is 24.7. The molecular formula is C37H37FO4. The van der Waals surface area contributed by atoms with Gasteiger partial charge in [0.05, 0.1) is 11.5 Å². The van der Waals surface area contributed by atoms with Crippen molar-refractivity contribution in [3.05, 3.63) is 136 Å². The van der Waals surface area contributed by atoms with Crippen LogP contribution in [0.25, 0.3) is 0 Å². The van der Waals surface area contributed by atoms with E-state index in [9.17, 15) is 14.0 Å². The molecule has 5 heteroatoms. The Labute approximate surface area is 247 Å². The maximum absolute atomic E-state index is 13.7. The molecule has 0 amide bonds. The monoisotopic (exact) mass is 564 g/mol. The quantitative estimate of drug-likeness (QED) is 0.159. The van der Waals surface area contributed by atoms with Crippen molar-refractivity contribution < 1.29 is 23.5 Å². The third-order valence-electron chi connectivity index (χ3n) is 8.44. The number of halogens is 1. The third-order valence-corrected chi connectivity index (χ3v) is 8.44. The number of carbonyl (C=O) groups is 2. The van der Waals surface area contributed by atoms with Crippen LogP contribution in [0.4, 0.5) is 4.39 Å². The Balaban J connectivity index is 1.36. The number of benzene rings is 4. The Morgan fingerprint density at radius 3 is 2.05 bits per heavy atom. The van der Waals surface area contributed by atoms with Gasteiger partial charge in [-0.2, -0.15) is 0 Å². The molecule has 4 aromatic carbocycles. The second-order valence-corrected chi connectivity index (χ2v) is 12.5. The molecule has 0 radical (unpaired) electrons. The Kier molecular flexibility index (Phi) is 8.31. The molecule has 0 bridgehead atoms. The summed E-state index contributed by atoms with van der Waals surface area (Å²) in [6.45, 7) is 9.18. The predicted octanol–water partition coefficient (Wildman–Crippen LogP) is 8.46. The van der Waals surface area contributed by atoms with Gasteiger partial charge in [-0.05, 0) is 94.3 Å². The van der Waals surface area contributed by atoms with Crippen LogP contribution in [0, 0.1) is 5.82 Å². The first kappa shape index (κ1) is 29.2. The van der Waals surface area contributed by atoms with Crippen molar-refractivity contribution >= 4 is 11.9 Å². The number of fused-ring (bicyclic) bond motifs is 1. The molecule has 0 aliphatic heterocycles. The Bertz CT molecular complexity index is 1550. The Morgan fingerprint density at radius 1 is 0.762 bits per heavy atom. The van der Waals surface area contributed by atoms with Crippen molar-refractivity contribution in [1.82, 2.24) is 0 Å². The van der Waals surface area contributed by atoms with Gasteiger partial charge in [0.15, 0.2) is 0 Å². The van der Waals surface area contributed by atoms with Crippen LogP contribution in [-0.4, -0.2) is 11.9 Å². The average Bonchev–Trinajstić information content (AvgIpc) is 2.99. The molecular weight excluding hydrogens is 527 g/mol. The fourth-order valence-corrected chi connectivity index (χ4v) is 5.66. The van der Waals surface area contributed by atoms with Gasteiger partial charge in [0, 0.05) is 0 Å². The third kappa shape index (κ3) is 6.62. The molecule has 42 heavy (non-hydrogen) atoms. The fraction of sp³-hybridized carbons (Fsp3) is 0.297. The summed E-state index contributed by atoms with van der Waals surface area (Å²) < 4.78 is 24.9. The number of rotatable bonds is 8. The topological polar surface area (TPSA) is 52.6 Å². The summed E-state index contributed by atoms with van der Waals surface area (Å²) >= 11 is 0. The van der Waals surface area contributed by atoms with Crippen LogP contribution in [-0.2, 0) is 33.4 Å². The second-order valence-electron chi connectivity index (χ2n) is 12.5. The molecule has 0 fully saturated rings. The van der Waals surface area contributed by atoms with E-state index in [-0.39, 0.29) is 29.2 Å². The molecule has 4 aromatic rings. The molecule has 0 saturated heterocycles. The minimum absolute atomic E-state index is 0.00894. The first-order valence-electron chi connectivity index (χ1n) is 14.4. The van der Waals surface area contributed by atoms with Crippen LogP contribution in [0.15, 0.2) is 97.1 Å². The SMILES string of the molecule is CC1(C)CCC(C)(C)c2cc(C(Cc3ccc(F)cc3)C(=O)Oc3ccc(COC(=O)c4ccccc4)cc3)ccc21. The van der Waals surface area contributed by atoms with E-state index in [0.29, 0.717) is 17.7 Å². The summed E-state index contributed by atoms with van der Waals surface area (Å²) in [7, 11) is 0.